The summed E-state index contributed by atoms with van der Waals surface area (Å²) in [4.78, 5) is 0. The minimum atomic E-state index is 0.718. The molecule has 19 heavy (non-hydrogen) atoms. The zero-order chi connectivity index (χ0) is 13.7. The highest BCUT2D eigenvalue weighted by Crippen LogP contribution is 2.28. The number of hydrogen-bond acceptors (Lipinski definition) is 3. The molecule has 1 aromatic rings. The van der Waals surface area contributed by atoms with Gasteiger partial charge in [0.15, 0.2) is 11.5 Å². The summed E-state index contributed by atoms with van der Waals surface area (Å²) >= 11 is 0. The average Bonchev–Trinajstić information content (AvgIpc) is 2.84. The van der Waals surface area contributed by atoms with Gasteiger partial charge >= 0.3 is 0 Å². The summed E-state index contributed by atoms with van der Waals surface area (Å²) in [6.45, 7) is 3.38. The van der Waals surface area contributed by atoms with Crippen LogP contribution < -0.4 is 14.8 Å². The Morgan fingerprint density at radius 3 is 2.58 bits per heavy atom. The van der Waals surface area contributed by atoms with E-state index in [0.29, 0.717) is 0 Å². The lowest BCUT2D eigenvalue weighted by molar-refractivity contribution is 0.354. The van der Waals surface area contributed by atoms with E-state index in [1.54, 1.807) is 14.2 Å². The Balaban J connectivity index is 1.82. The Morgan fingerprint density at radius 2 is 1.95 bits per heavy atom. The van der Waals surface area contributed by atoms with Crippen molar-refractivity contribution in [1.82, 2.24) is 5.32 Å². The van der Waals surface area contributed by atoms with E-state index in [1.165, 1.54) is 24.8 Å². The molecule has 1 saturated carbocycles. The lowest BCUT2D eigenvalue weighted by Crippen LogP contribution is -2.28. The summed E-state index contributed by atoms with van der Waals surface area (Å²) in [5, 5.41) is 3.65. The summed E-state index contributed by atoms with van der Waals surface area (Å²) in [7, 11) is 3.35. The minimum absolute atomic E-state index is 0.718. The van der Waals surface area contributed by atoms with Crippen LogP contribution in [0, 0.1) is 5.92 Å². The average molecular weight is 263 g/mol. The van der Waals surface area contributed by atoms with Crippen LogP contribution in [-0.4, -0.2) is 26.8 Å². The van der Waals surface area contributed by atoms with Gasteiger partial charge in [-0.15, -0.1) is 0 Å². The summed E-state index contributed by atoms with van der Waals surface area (Å²) in [6.07, 6.45) is 5.05. The molecule has 0 unspecified atom stereocenters. The largest absolute Gasteiger partial charge is 0.493 e. The number of methoxy groups -OCH3 is 2. The highest BCUT2D eigenvalue weighted by atomic mass is 16.5. The molecule has 0 spiro atoms. The summed E-state index contributed by atoms with van der Waals surface area (Å²) in [5.74, 6) is 2.50. The molecule has 1 fully saturated rings. The normalized spacial score (nSPS) is 22.5. The molecule has 1 aromatic carbocycles. The van der Waals surface area contributed by atoms with Gasteiger partial charge in [0.1, 0.15) is 0 Å². The van der Waals surface area contributed by atoms with E-state index >= 15 is 0 Å². The molecule has 2 rings (SSSR count). The van der Waals surface area contributed by atoms with E-state index in [4.69, 9.17) is 9.47 Å². The van der Waals surface area contributed by atoms with Gasteiger partial charge in [0, 0.05) is 6.04 Å². The first-order valence-corrected chi connectivity index (χ1v) is 7.17. The van der Waals surface area contributed by atoms with Crippen LogP contribution in [0.2, 0.25) is 0 Å². The molecule has 1 aliphatic carbocycles. The molecule has 0 aromatic heterocycles. The van der Waals surface area contributed by atoms with E-state index in [0.717, 1.165) is 36.4 Å². The maximum Gasteiger partial charge on any atom is 0.160 e. The van der Waals surface area contributed by atoms with Gasteiger partial charge in [0.2, 0.25) is 0 Å². The molecule has 3 nitrogen and oxygen atoms in total. The topological polar surface area (TPSA) is 30.5 Å². The van der Waals surface area contributed by atoms with Crippen LogP contribution in [0.5, 0.6) is 11.5 Å². The van der Waals surface area contributed by atoms with Crippen LogP contribution in [0.15, 0.2) is 18.2 Å². The number of benzene rings is 1. The number of rotatable bonds is 6. The number of nitrogens with one attached hydrogen (secondary N) is 1. The highest BCUT2D eigenvalue weighted by molar-refractivity contribution is 5.42. The lowest BCUT2D eigenvalue weighted by Gasteiger charge is -2.13. The second-order valence-corrected chi connectivity index (χ2v) is 5.51. The fraction of sp³-hybridized carbons (Fsp3) is 0.625. The number of hydrogen-bond donors (Lipinski definition) is 1. The maximum absolute atomic E-state index is 5.33. The first-order chi connectivity index (χ1) is 9.22. The van der Waals surface area contributed by atoms with Crippen molar-refractivity contribution in [1.29, 1.82) is 0 Å². The summed E-state index contributed by atoms with van der Waals surface area (Å²) < 4.78 is 10.6. The van der Waals surface area contributed by atoms with E-state index in [-0.39, 0.29) is 0 Å². The molecule has 106 valence electrons. The van der Waals surface area contributed by atoms with Crippen molar-refractivity contribution in [3.05, 3.63) is 23.8 Å². The van der Waals surface area contributed by atoms with Gasteiger partial charge in [-0.1, -0.05) is 13.0 Å². The third-order valence-electron chi connectivity index (χ3n) is 3.99. The smallest absolute Gasteiger partial charge is 0.160 e. The standard InChI is InChI=1S/C16H25NO2/c1-12-4-6-14(10-12)17-9-8-13-5-7-15(18-2)16(11-13)19-3/h5,7,11-12,14,17H,4,6,8-10H2,1-3H3/t12-,14+/m0/s1. The SMILES string of the molecule is COc1ccc(CCN[C@@H]2CC[C@H](C)C2)cc1OC. The van der Waals surface area contributed by atoms with Crippen LogP contribution in [0.3, 0.4) is 0 Å². The second kappa shape index (κ2) is 6.80. The van der Waals surface area contributed by atoms with Gasteiger partial charge in [0.25, 0.3) is 0 Å². The van der Waals surface area contributed by atoms with Gasteiger partial charge in [-0.05, 0) is 55.8 Å². The van der Waals surface area contributed by atoms with Crippen molar-refractivity contribution in [2.75, 3.05) is 20.8 Å². The first kappa shape index (κ1) is 14.2. The minimum Gasteiger partial charge on any atom is -0.493 e. The molecule has 0 radical (unpaired) electrons. The Hall–Kier alpha value is -1.22. The molecular weight excluding hydrogens is 238 g/mol. The van der Waals surface area contributed by atoms with Crippen molar-refractivity contribution in [3.63, 3.8) is 0 Å². The molecule has 0 amide bonds. The third kappa shape index (κ3) is 3.87. The molecule has 3 heteroatoms. The van der Waals surface area contributed by atoms with Gasteiger partial charge in [-0.25, -0.2) is 0 Å². The van der Waals surface area contributed by atoms with Crippen LogP contribution in [0.1, 0.15) is 31.7 Å². The molecule has 0 bridgehead atoms. The van der Waals surface area contributed by atoms with Crippen molar-refractivity contribution in [3.8, 4) is 11.5 Å². The zero-order valence-electron chi connectivity index (χ0n) is 12.2. The molecule has 0 saturated heterocycles. The summed E-state index contributed by atoms with van der Waals surface area (Å²) in [5.41, 5.74) is 1.29. The molecule has 0 heterocycles. The molecular formula is C16H25NO2. The van der Waals surface area contributed by atoms with Crippen molar-refractivity contribution < 1.29 is 9.47 Å². The first-order valence-electron chi connectivity index (χ1n) is 7.17. The molecule has 0 aliphatic heterocycles. The predicted molar refractivity (Wildman–Crippen MR) is 78.1 cm³/mol. The van der Waals surface area contributed by atoms with Gasteiger partial charge < -0.3 is 14.8 Å². The fourth-order valence-corrected chi connectivity index (χ4v) is 2.85. The fourth-order valence-electron chi connectivity index (χ4n) is 2.85. The van der Waals surface area contributed by atoms with Crippen molar-refractivity contribution >= 4 is 0 Å². The van der Waals surface area contributed by atoms with E-state index < -0.39 is 0 Å². The van der Waals surface area contributed by atoms with Gasteiger partial charge in [-0.2, -0.15) is 0 Å². The molecule has 1 aliphatic rings. The van der Waals surface area contributed by atoms with Gasteiger partial charge in [0.05, 0.1) is 14.2 Å². The van der Waals surface area contributed by atoms with Crippen LogP contribution in [-0.2, 0) is 6.42 Å². The lowest BCUT2D eigenvalue weighted by atomic mass is 10.1. The van der Waals surface area contributed by atoms with Crippen molar-refractivity contribution in [2.24, 2.45) is 5.92 Å². The Labute approximate surface area is 116 Å². The Kier molecular flexibility index (Phi) is 5.08. The summed E-state index contributed by atoms with van der Waals surface area (Å²) in [6, 6.07) is 6.87. The van der Waals surface area contributed by atoms with Crippen LogP contribution in [0.25, 0.3) is 0 Å². The van der Waals surface area contributed by atoms with E-state index in [2.05, 4.69) is 24.4 Å². The van der Waals surface area contributed by atoms with Gasteiger partial charge in [-0.3, -0.25) is 0 Å². The number of ether oxygens (including phenoxy) is 2. The maximum atomic E-state index is 5.33. The van der Waals surface area contributed by atoms with E-state index in [1.807, 2.05) is 6.07 Å². The van der Waals surface area contributed by atoms with E-state index in [9.17, 15) is 0 Å². The third-order valence-corrected chi connectivity index (χ3v) is 3.99. The predicted octanol–water partition coefficient (Wildman–Crippen LogP) is 3.02. The quantitative estimate of drug-likeness (QED) is 0.855. The molecule has 2 atom stereocenters. The Bertz CT molecular complexity index is 406. The monoisotopic (exact) mass is 263 g/mol. The molecule has 1 N–H and O–H groups in total. The van der Waals surface area contributed by atoms with Crippen LogP contribution in [0.4, 0.5) is 0 Å². The highest BCUT2D eigenvalue weighted by Gasteiger charge is 2.20. The zero-order valence-corrected chi connectivity index (χ0v) is 12.2. The second-order valence-electron chi connectivity index (χ2n) is 5.51. The van der Waals surface area contributed by atoms with Crippen LogP contribution >= 0.6 is 0 Å². The van der Waals surface area contributed by atoms with Crippen molar-refractivity contribution in [2.45, 2.75) is 38.6 Å². The Morgan fingerprint density at radius 1 is 1.16 bits per heavy atom.